The van der Waals surface area contributed by atoms with Gasteiger partial charge in [-0.3, -0.25) is 4.79 Å². The van der Waals surface area contributed by atoms with Crippen molar-refractivity contribution in [3.05, 3.63) is 71.8 Å². The summed E-state index contributed by atoms with van der Waals surface area (Å²) in [6, 6.07) is 20.7. The van der Waals surface area contributed by atoms with Gasteiger partial charge < -0.3 is 16.8 Å². The van der Waals surface area contributed by atoms with Crippen LogP contribution in [0.1, 0.15) is 36.8 Å². The van der Waals surface area contributed by atoms with Gasteiger partial charge in [0, 0.05) is 18.5 Å². The first-order valence-electron chi connectivity index (χ1n) is 10.00. The van der Waals surface area contributed by atoms with Crippen LogP contribution in [0.15, 0.2) is 60.7 Å². The molecule has 146 valence electrons. The molecule has 0 saturated carbocycles. The van der Waals surface area contributed by atoms with Gasteiger partial charge in [-0.1, -0.05) is 60.7 Å². The number of nitrogens with one attached hydrogen (secondary N) is 1. The summed E-state index contributed by atoms with van der Waals surface area (Å²) in [5.74, 6) is 0.109. The summed E-state index contributed by atoms with van der Waals surface area (Å²) in [4.78, 5) is 12.8. The molecule has 0 heterocycles. The van der Waals surface area contributed by atoms with Crippen LogP contribution in [0, 0.1) is 5.92 Å². The van der Waals surface area contributed by atoms with Gasteiger partial charge in [0.1, 0.15) is 0 Å². The highest BCUT2D eigenvalue weighted by Gasteiger charge is 2.19. The number of hydrogen-bond donors (Lipinski definition) is 3. The van der Waals surface area contributed by atoms with Crippen molar-refractivity contribution in [1.29, 1.82) is 0 Å². The van der Waals surface area contributed by atoms with E-state index in [-0.39, 0.29) is 17.9 Å². The molecule has 0 fully saturated rings. The largest absolute Gasteiger partial charge is 0.354 e. The average molecular weight is 368 g/mol. The van der Waals surface area contributed by atoms with Crippen molar-refractivity contribution in [2.24, 2.45) is 17.4 Å². The number of rotatable bonds is 12. The van der Waals surface area contributed by atoms with Crippen LogP contribution in [0.2, 0.25) is 0 Å². The van der Waals surface area contributed by atoms with Gasteiger partial charge in [-0.05, 0) is 56.2 Å². The fourth-order valence-electron chi connectivity index (χ4n) is 3.24. The Bertz CT molecular complexity index is 602. The van der Waals surface area contributed by atoms with E-state index in [1.807, 2.05) is 36.4 Å². The van der Waals surface area contributed by atoms with Gasteiger partial charge in [0.25, 0.3) is 0 Å². The van der Waals surface area contributed by atoms with Crippen molar-refractivity contribution in [2.45, 2.75) is 44.6 Å². The summed E-state index contributed by atoms with van der Waals surface area (Å²) in [6.07, 6.45) is 5.25. The number of carbonyl (C=O) groups is 1. The molecule has 27 heavy (non-hydrogen) atoms. The summed E-state index contributed by atoms with van der Waals surface area (Å²) in [6.45, 7) is 1.16. The van der Waals surface area contributed by atoms with Crippen molar-refractivity contribution < 1.29 is 4.79 Å². The van der Waals surface area contributed by atoms with Gasteiger partial charge in [0.2, 0.25) is 5.91 Å². The topological polar surface area (TPSA) is 81.1 Å². The molecule has 2 aromatic rings. The van der Waals surface area contributed by atoms with Crippen LogP contribution in [-0.4, -0.2) is 25.0 Å². The third-order valence-corrected chi connectivity index (χ3v) is 4.94. The molecule has 2 rings (SSSR count). The zero-order valence-electron chi connectivity index (χ0n) is 16.1. The second-order valence-corrected chi connectivity index (χ2v) is 7.18. The molecule has 2 aromatic carbocycles. The fourth-order valence-corrected chi connectivity index (χ4v) is 3.24. The molecule has 1 unspecified atom stereocenters. The fraction of sp³-hybridized carbons (Fsp3) is 0.435. The highest BCUT2D eigenvalue weighted by Crippen LogP contribution is 2.17. The van der Waals surface area contributed by atoms with Crippen molar-refractivity contribution in [3.8, 4) is 0 Å². The van der Waals surface area contributed by atoms with Crippen LogP contribution < -0.4 is 16.8 Å². The van der Waals surface area contributed by atoms with Crippen molar-refractivity contribution >= 4 is 5.91 Å². The lowest BCUT2D eigenvalue weighted by Gasteiger charge is -2.19. The predicted molar refractivity (Wildman–Crippen MR) is 112 cm³/mol. The highest BCUT2D eigenvalue weighted by molar-refractivity contribution is 5.78. The molecule has 0 bridgehead atoms. The number of carbonyl (C=O) groups excluding carboxylic acids is 1. The van der Waals surface area contributed by atoms with E-state index >= 15 is 0 Å². The summed E-state index contributed by atoms with van der Waals surface area (Å²) < 4.78 is 0. The molecule has 1 amide bonds. The van der Waals surface area contributed by atoms with Crippen LogP contribution in [0.5, 0.6) is 0 Å². The third kappa shape index (κ3) is 8.37. The number of amides is 1. The SMILES string of the molecule is NCCCC(N)CNC(=O)C(CCc1ccccc1)CCc1ccccc1. The Kier molecular flexibility index (Phi) is 9.60. The minimum absolute atomic E-state index is 0.00730. The Morgan fingerprint density at radius 1 is 0.852 bits per heavy atom. The summed E-state index contributed by atoms with van der Waals surface area (Å²) >= 11 is 0. The van der Waals surface area contributed by atoms with Gasteiger partial charge in [-0.2, -0.15) is 0 Å². The van der Waals surface area contributed by atoms with Crippen LogP contribution in [0.25, 0.3) is 0 Å². The van der Waals surface area contributed by atoms with Gasteiger partial charge in [-0.25, -0.2) is 0 Å². The van der Waals surface area contributed by atoms with Crippen molar-refractivity contribution in [1.82, 2.24) is 5.32 Å². The Balaban J connectivity index is 1.89. The lowest BCUT2D eigenvalue weighted by molar-refractivity contribution is -0.125. The first-order valence-corrected chi connectivity index (χ1v) is 10.00. The molecular formula is C23H33N3O. The maximum absolute atomic E-state index is 12.8. The molecule has 1 atom stereocenters. The number of benzene rings is 2. The third-order valence-electron chi connectivity index (χ3n) is 4.94. The molecule has 0 saturated heterocycles. The molecule has 0 aliphatic heterocycles. The van der Waals surface area contributed by atoms with E-state index in [2.05, 4.69) is 29.6 Å². The molecule has 5 N–H and O–H groups in total. The molecule has 4 heteroatoms. The molecule has 0 spiro atoms. The van der Waals surface area contributed by atoms with E-state index in [1.54, 1.807) is 0 Å². The monoisotopic (exact) mass is 367 g/mol. The quantitative estimate of drug-likeness (QED) is 0.539. The zero-order valence-corrected chi connectivity index (χ0v) is 16.1. The number of nitrogens with two attached hydrogens (primary N) is 2. The van der Waals surface area contributed by atoms with Gasteiger partial charge in [0.05, 0.1) is 0 Å². The second kappa shape index (κ2) is 12.3. The van der Waals surface area contributed by atoms with E-state index in [1.165, 1.54) is 11.1 Å². The Labute approximate surface area is 163 Å². The second-order valence-electron chi connectivity index (χ2n) is 7.18. The smallest absolute Gasteiger partial charge is 0.223 e. The zero-order chi connectivity index (χ0) is 19.3. The summed E-state index contributed by atoms with van der Waals surface area (Å²) in [5.41, 5.74) is 14.1. The Morgan fingerprint density at radius 3 is 1.85 bits per heavy atom. The first kappa shape index (κ1) is 21.1. The maximum Gasteiger partial charge on any atom is 0.223 e. The van der Waals surface area contributed by atoms with Crippen LogP contribution in [0.3, 0.4) is 0 Å². The molecule has 0 radical (unpaired) electrons. The van der Waals surface area contributed by atoms with E-state index < -0.39 is 0 Å². The molecule has 0 aliphatic carbocycles. The standard InChI is InChI=1S/C23H33N3O/c24-17-7-12-22(25)18-26-23(27)21(15-13-19-8-3-1-4-9-19)16-14-20-10-5-2-6-11-20/h1-6,8-11,21-22H,7,12-18,24-25H2,(H,26,27). The molecule has 4 nitrogen and oxygen atoms in total. The van der Waals surface area contributed by atoms with Crippen LogP contribution in [-0.2, 0) is 17.6 Å². The molecule has 0 aliphatic rings. The van der Waals surface area contributed by atoms with Crippen molar-refractivity contribution in [2.75, 3.05) is 13.1 Å². The summed E-state index contributed by atoms with van der Waals surface area (Å²) in [7, 11) is 0. The minimum Gasteiger partial charge on any atom is -0.354 e. The Morgan fingerprint density at radius 2 is 1.37 bits per heavy atom. The number of aryl methyl sites for hydroxylation is 2. The number of hydrogen-bond acceptors (Lipinski definition) is 3. The Hall–Kier alpha value is -2.17. The minimum atomic E-state index is -0.0265. The molecule has 0 aromatic heterocycles. The van der Waals surface area contributed by atoms with Crippen LogP contribution >= 0.6 is 0 Å². The van der Waals surface area contributed by atoms with Gasteiger partial charge in [-0.15, -0.1) is 0 Å². The maximum atomic E-state index is 12.8. The lowest BCUT2D eigenvalue weighted by atomic mass is 9.92. The van der Waals surface area contributed by atoms with Crippen LogP contribution in [0.4, 0.5) is 0 Å². The lowest BCUT2D eigenvalue weighted by Crippen LogP contribution is -2.40. The summed E-state index contributed by atoms with van der Waals surface area (Å²) in [5, 5.41) is 3.06. The first-order chi connectivity index (χ1) is 13.2. The van der Waals surface area contributed by atoms with Gasteiger partial charge >= 0.3 is 0 Å². The van der Waals surface area contributed by atoms with Crippen molar-refractivity contribution in [3.63, 3.8) is 0 Å². The van der Waals surface area contributed by atoms with Gasteiger partial charge in [0.15, 0.2) is 0 Å². The van der Waals surface area contributed by atoms with E-state index in [9.17, 15) is 4.79 Å². The highest BCUT2D eigenvalue weighted by atomic mass is 16.1. The van der Waals surface area contributed by atoms with E-state index in [0.717, 1.165) is 38.5 Å². The normalized spacial score (nSPS) is 12.1. The molecular weight excluding hydrogens is 334 g/mol. The average Bonchev–Trinajstić information content (AvgIpc) is 2.72. The predicted octanol–water partition coefficient (Wildman–Crippen LogP) is 3.05. The van der Waals surface area contributed by atoms with E-state index in [0.29, 0.717) is 13.1 Å². The van der Waals surface area contributed by atoms with E-state index in [4.69, 9.17) is 11.5 Å².